The Hall–Kier alpha value is -0.610. The molecule has 0 aromatic heterocycles. The second-order valence-electron chi connectivity index (χ2n) is 6.10. The highest BCUT2D eigenvalue weighted by atomic mass is 16.1. The van der Waals surface area contributed by atoms with Crippen LogP contribution < -0.4 is 11.1 Å². The molecule has 0 aliphatic carbocycles. The van der Waals surface area contributed by atoms with Crippen molar-refractivity contribution >= 4 is 5.91 Å². The molecular formula is C14H29N3O. The lowest BCUT2D eigenvalue weighted by Gasteiger charge is -2.43. The summed E-state index contributed by atoms with van der Waals surface area (Å²) in [4.78, 5) is 14.1. The minimum atomic E-state index is -0.611. The number of nitrogens with two attached hydrogens (primary N) is 1. The monoisotopic (exact) mass is 255 g/mol. The van der Waals surface area contributed by atoms with Gasteiger partial charge in [-0.3, -0.25) is 9.69 Å². The zero-order valence-corrected chi connectivity index (χ0v) is 12.5. The van der Waals surface area contributed by atoms with Crippen LogP contribution in [0.15, 0.2) is 0 Å². The summed E-state index contributed by atoms with van der Waals surface area (Å²) in [5.74, 6) is 0.463. The van der Waals surface area contributed by atoms with E-state index >= 15 is 0 Å². The highest BCUT2D eigenvalue weighted by Gasteiger charge is 2.35. The molecule has 1 aliphatic rings. The zero-order chi connectivity index (χ0) is 13.9. The number of nitrogens with zero attached hydrogens (tertiary/aromatic N) is 1. The molecule has 106 valence electrons. The van der Waals surface area contributed by atoms with Crippen molar-refractivity contribution < 1.29 is 4.79 Å². The predicted molar refractivity (Wildman–Crippen MR) is 75.3 cm³/mol. The fourth-order valence-electron chi connectivity index (χ4n) is 3.02. The molecule has 0 saturated carbocycles. The van der Waals surface area contributed by atoms with E-state index < -0.39 is 5.54 Å². The molecule has 0 aromatic carbocycles. The second-order valence-corrected chi connectivity index (χ2v) is 6.10. The van der Waals surface area contributed by atoms with Gasteiger partial charge < -0.3 is 11.1 Å². The molecule has 1 heterocycles. The first-order valence-electron chi connectivity index (χ1n) is 7.06. The van der Waals surface area contributed by atoms with Crippen LogP contribution in [-0.2, 0) is 4.79 Å². The van der Waals surface area contributed by atoms with Gasteiger partial charge in [-0.25, -0.2) is 0 Å². The Balaban J connectivity index is 2.69. The van der Waals surface area contributed by atoms with Crippen molar-refractivity contribution in [2.24, 2.45) is 11.7 Å². The van der Waals surface area contributed by atoms with Gasteiger partial charge in [0.2, 0.25) is 5.91 Å². The van der Waals surface area contributed by atoms with E-state index in [1.807, 2.05) is 6.92 Å². The summed E-state index contributed by atoms with van der Waals surface area (Å²) < 4.78 is 0. The predicted octanol–water partition coefficient (Wildman–Crippen LogP) is 1.35. The number of hydrogen-bond donors (Lipinski definition) is 2. The summed E-state index contributed by atoms with van der Waals surface area (Å²) in [6.07, 6.45) is 3.32. The molecule has 4 unspecified atom stereocenters. The minimum absolute atomic E-state index is 0.269. The topological polar surface area (TPSA) is 58.4 Å². The Kier molecular flexibility index (Phi) is 5.17. The van der Waals surface area contributed by atoms with Crippen molar-refractivity contribution in [3.63, 3.8) is 0 Å². The molecule has 1 saturated heterocycles. The summed E-state index contributed by atoms with van der Waals surface area (Å²) in [6, 6.07) is 0.954. The SMILES string of the molecule is CNC(C)(CC(C)N1CCCC(C)C1C)C(N)=O. The lowest BCUT2D eigenvalue weighted by atomic mass is 9.87. The molecular weight excluding hydrogens is 226 g/mol. The van der Waals surface area contributed by atoms with Crippen molar-refractivity contribution in [1.29, 1.82) is 0 Å². The van der Waals surface area contributed by atoms with Crippen molar-refractivity contribution in [1.82, 2.24) is 10.2 Å². The van der Waals surface area contributed by atoms with Crippen LogP contribution in [0.25, 0.3) is 0 Å². The van der Waals surface area contributed by atoms with E-state index in [9.17, 15) is 4.79 Å². The fraction of sp³-hybridized carbons (Fsp3) is 0.929. The van der Waals surface area contributed by atoms with Gasteiger partial charge in [-0.05, 0) is 59.5 Å². The van der Waals surface area contributed by atoms with Crippen molar-refractivity contribution in [2.75, 3.05) is 13.6 Å². The van der Waals surface area contributed by atoms with Gasteiger partial charge in [-0.2, -0.15) is 0 Å². The molecule has 1 amide bonds. The van der Waals surface area contributed by atoms with Gasteiger partial charge in [0.1, 0.15) is 0 Å². The number of carbonyl (C=O) groups is 1. The first kappa shape index (κ1) is 15.4. The normalized spacial score (nSPS) is 30.7. The maximum atomic E-state index is 11.6. The highest BCUT2D eigenvalue weighted by Crippen LogP contribution is 2.27. The summed E-state index contributed by atoms with van der Waals surface area (Å²) in [6.45, 7) is 9.83. The third kappa shape index (κ3) is 3.23. The van der Waals surface area contributed by atoms with Crippen molar-refractivity contribution in [3.8, 4) is 0 Å². The Morgan fingerprint density at radius 3 is 2.67 bits per heavy atom. The number of nitrogens with one attached hydrogen (secondary N) is 1. The zero-order valence-electron chi connectivity index (χ0n) is 12.5. The van der Waals surface area contributed by atoms with E-state index in [1.54, 1.807) is 7.05 Å². The van der Waals surface area contributed by atoms with Crippen molar-refractivity contribution in [2.45, 2.75) is 64.6 Å². The number of primary amides is 1. The largest absolute Gasteiger partial charge is 0.368 e. The number of rotatable bonds is 5. The first-order valence-corrected chi connectivity index (χ1v) is 7.06. The third-order valence-corrected chi connectivity index (χ3v) is 4.79. The van der Waals surface area contributed by atoms with Gasteiger partial charge in [0.25, 0.3) is 0 Å². The first-order chi connectivity index (χ1) is 8.31. The summed E-state index contributed by atoms with van der Waals surface area (Å²) in [5, 5.41) is 3.07. The van der Waals surface area contributed by atoms with E-state index in [2.05, 4.69) is 31.0 Å². The molecule has 4 nitrogen and oxygen atoms in total. The van der Waals surface area contributed by atoms with Gasteiger partial charge in [0.05, 0.1) is 5.54 Å². The average Bonchev–Trinajstić information content (AvgIpc) is 2.32. The molecule has 0 spiro atoms. The molecule has 4 heteroatoms. The standard InChI is InChI=1S/C14H29N3O/c1-10-7-6-8-17(12(10)3)11(2)9-14(4,16-5)13(15)18/h10-12,16H,6-9H2,1-5H3,(H2,15,18). The molecule has 1 aliphatic heterocycles. The number of amides is 1. The third-order valence-electron chi connectivity index (χ3n) is 4.79. The smallest absolute Gasteiger partial charge is 0.237 e. The van der Waals surface area contributed by atoms with Crippen LogP contribution >= 0.6 is 0 Å². The Labute approximate surface area is 111 Å². The molecule has 0 aromatic rings. The fourth-order valence-corrected chi connectivity index (χ4v) is 3.02. The van der Waals surface area contributed by atoms with Crippen LogP contribution in [0.5, 0.6) is 0 Å². The van der Waals surface area contributed by atoms with Crippen LogP contribution in [0, 0.1) is 5.92 Å². The molecule has 0 radical (unpaired) electrons. The van der Waals surface area contributed by atoms with E-state index in [-0.39, 0.29) is 5.91 Å². The molecule has 0 bridgehead atoms. The van der Waals surface area contributed by atoms with Crippen LogP contribution in [0.3, 0.4) is 0 Å². The summed E-state index contributed by atoms with van der Waals surface area (Å²) in [7, 11) is 1.81. The average molecular weight is 255 g/mol. The Morgan fingerprint density at radius 2 is 2.17 bits per heavy atom. The van der Waals surface area contributed by atoms with Gasteiger partial charge in [0, 0.05) is 12.1 Å². The van der Waals surface area contributed by atoms with Crippen LogP contribution in [-0.4, -0.2) is 42.0 Å². The van der Waals surface area contributed by atoms with E-state index in [0.717, 1.165) is 18.9 Å². The minimum Gasteiger partial charge on any atom is -0.368 e. The van der Waals surface area contributed by atoms with Crippen LogP contribution in [0.2, 0.25) is 0 Å². The lowest BCUT2D eigenvalue weighted by molar-refractivity contribution is -0.124. The Bertz CT molecular complexity index is 295. The number of likely N-dealkylation sites (tertiary alicyclic amines) is 1. The maximum absolute atomic E-state index is 11.6. The van der Waals surface area contributed by atoms with Crippen LogP contribution in [0.4, 0.5) is 0 Å². The van der Waals surface area contributed by atoms with Gasteiger partial charge in [-0.1, -0.05) is 6.92 Å². The number of likely N-dealkylation sites (N-methyl/N-ethyl adjacent to an activating group) is 1. The van der Waals surface area contributed by atoms with E-state index in [1.165, 1.54) is 12.8 Å². The molecule has 18 heavy (non-hydrogen) atoms. The van der Waals surface area contributed by atoms with Crippen molar-refractivity contribution in [3.05, 3.63) is 0 Å². The lowest BCUT2D eigenvalue weighted by Crippen LogP contribution is -2.57. The summed E-state index contributed by atoms with van der Waals surface area (Å²) in [5.41, 5.74) is 4.89. The second kappa shape index (κ2) is 6.02. The van der Waals surface area contributed by atoms with E-state index in [4.69, 9.17) is 5.73 Å². The van der Waals surface area contributed by atoms with Gasteiger partial charge in [-0.15, -0.1) is 0 Å². The maximum Gasteiger partial charge on any atom is 0.237 e. The Morgan fingerprint density at radius 1 is 1.56 bits per heavy atom. The molecule has 1 rings (SSSR count). The molecule has 3 N–H and O–H groups in total. The highest BCUT2D eigenvalue weighted by molar-refractivity contribution is 5.84. The number of piperidine rings is 1. The number of hydrogen-bond acceptors (Lipinski definition) is 3. The quantitative estimate of drug-likeness (QED) is 0.779. The van der Waals surface area contributed by atoms with Crippen LogP contribution in [0.1, 0.15) is 47.0 Å². The van der Waals surface area contributed by atoms with Gasteiger partial charge in [0.15, 0.2) is 0 Å². The van der Waals surface area contributed by atoms with E-state index in [0.29, 0.717) is 12.1 Å². The summed E-state index contributed by atoms with van der Waals surface area (Å²) >= 11 is 0. The molecule has 4 atom stereocenters. The number of carbonyl (C=O) groups excluding carboxylic acids is 1. The molecule has 1 fully saturated rings. The van der Waals surface area contributed by atoms with Gasteiger partial charge >= 0.3 is 0 Å².